The van der Waals surface area contributed by atoms with Crippen LogP contribution in [0.1, 0.15) is 52.2 Å². The van der Waals surface area contributed by atoms with E-state index in [2.05, 4.69) is 9.97 Å². The lowest BCUT2D eigenvalue weighted by molar-refractivity contribution is -0.132. The minimum Gasteiger partial charge on any atom is -0.505 e. The molecule has 0 saturated carbocycles. The summed E-state index contributed by atoms with van der Waals surface area (Å²) in [5.41, 5.74) is 1.98. The summed E-state index contributed by atoms with van der Waals surface area (Å²) in [4.78, 5) is 50.3. The molecule has 1 unspecified atom stereocenters. The van der Waals surface area contributed by atoms with Crippen LogP contribution >= 0.6 is 11.3 Å². The topological polar surface area (TPSA) is 133 Å². The van der Waals surface area contributed by atoms with Crippen molar-refractivity contribution in [3.63, 3.8) is 0 Å². The average Bonchev–Trinajstić information content (AvgIpc) is 3.59. The zero-order valence-electron chi connectivity index (χ0n) is 23.1. The number of fused-ring (bicyclic) bond motifs is 1. The van der Waals surface area contributed by atoms with E-state index >= 15 is 0 Å². The van der Waals surface area contributed by atoms with Gasteiger partial charge in [-0.1, -0.05) is 23.5 Å². The van der Waals surface area contributed by atoms with Gasteiger partial charge in [0.15, 0.2) is 22.4 Å². The van der Waals surface area contributed by atoms with Gasteiger partial charge in [0.25, 0.3) is 5.78 Å². The molecule has 1 saturated heterocycles. The summed E-state index contributed by atoms with van der Waals surface area (Å²) in [7, 11) is 1.48. The number of anilines is 1. The molecule has 5 rings (SSSR count). The van der Waals surface area contributed by atoms with Crippen LogP contribution in [0.2, 0.25) is 0 Å². The minimum atomic E-state index is -1.10. The first-order chi connectivity index (χ1) is 19.7. The number of ether oxygens (including phenoxy) is 3. The monoisotopic (exact) mass is 576 g/mol. The molecule has 11 nitrogen and oxygen atoms in total. The second kappa shape index (κ2) is 11.0. The molecule has 0 spiro atoms. The smallest absolute Gasteiger partial charge is 0.350 e. The van der Waals surface area contributed by atoms with Crippen molar-refractivity contribution < 1.29 is 33.7 Å². The maximum absolute atomic E-state index is 13.7. The van der Waals surface area contributed by atoms with Gasteiger partial charge in [0.2, 0.25) is 0 Å². The van der Waals surface area contributed by atoms with Gasteiger partial charge < -0.3 is 19.3 Å². The van der Waals surface area contributed by atoms with E-state index in [9.17, 15) is 19.5 Å². The van der Waals surface area contributed by atoms with Crippen LogP contribution in [0.15, 0.2) is 48.2 Å². The lowest BCUT2D eigenvalue weighted by Crippen LogP contribution is -2.29. The summed E-state index contributed by atoms with van der Waals surface area (Å²) in [6, 6.07) is 9.26. The molecular weight excluding hydrogens is 548 g/mol. The second-order valence-electron chi connectivity index (χ2n) is 9.12. The third-order valence-corrected chi connectivity index (χ3v) is 7.77. The van der Waals surface area contributed by atoms with Crippen molar-refractivity contribution in [3.05, 3.63) is 75.7 Å². The highest BCUT2D eigenvalue weighted by Crippen LogP contribution is 2.45. The maximum Gasteiger partial charge on any atom is 0.350 e. The normalized spacial score (nSPS) is 16.4. The first-order valence-corrected chi connectivity index (χ1v) is 13.7. The van der Waals surface area contributed by atoms with Gasteiger partial charge in [-0.2, -0.15) is 0 Å². The van der Waals surface area contributed by atoms with Crippen molar-refractivity contribution >= 4 is 45.5 Å². The van der Waals surface area contributed by atoms with Gasteiger partial charge in [-0.15, -0.1) is 0 Å². The quantitative estimate of drug-likeness (QED) is 0.138. The summed E-state index contributed by atoms with van der Waals surface area (Å²) in [6.07, 6.45) is 1.71. The molecule has 0 bridgehead atoms. The maximum atomic E-state index is 13.7. The van der Waals surface area contributed by atoms with E-state index < -0.39 is 29.5 Å². The van der Waals surface area contributed by atoms with Gasteiger partial charge in [-0.05, 0) is 57.5 Å². The molecule has 212 valence electrons. The fourth-order valence-corrected chi connectivity index (χ4v) is 5.86. The molecule has 1 aliphatic heterocycles. The molecule has 1 amide bonds. The van der Waals surface area contributed by atoms with Crippen LogP contribution in [0.5, 0.6) is 11.5 Å². The molecule has 12 heteroatoms. The number of pyridine rings is 1. The number of methoxy groups -OCH3 is 1. The van der Waals surface area contributed by atoms with Crippen LogP contribution in [0.25, 0.3) is 11.4 Å². The van der Waals surface area contributed by atoms with Gasteiger partial charge in [-0.3, -0.25) is 18.9 Å². The summed E-state index contributed by atoms with van der Waals surface area (Å²) >= 11 is 0.937. The first kappa shape index (κ1) is 27.8. The third-order valence-electron chi connectivity index (χ3n) is 6.63. The molecule has 1 aromatic carbocycles. The van der Waals surface area contributed by atoms with Crippen LogP contribution in [-0.2, 0) is 14.3 Å². The van der Waals surface area contributed by atoms with Gasteiger partial charge in [0, 0.05) is 6.20 Å². The number of aromatic nitrogens is 3. The summed E-state index contributed by atoms with van der Waals surface area (Å²) in [6.45, 7) is 7.43. The van der Waals surface area contributed by atoms with Crippen molar-refractivity contribution in [1.29, 1.82) is 0 Å². The number of nitrogens with zero attached hydrogens (tertiary/aromatic N) is 4. The first-order valence-electron chi connectivity index (χ1n) is 12.9. The number of hydrogen-bond donors (Lipinski definition) is 1. The van der Waals surface area contributed by atoms with Crippen molar-refractivity contribution in [2.24, 2.45) is 0 Å². The molecule has 1 fully saturated rings. The molecule has 3 aromatic heterocycles. The third kappa shape index (κ3) is 4.69. The number of aliphatic hydroxyl groups is 1. The Morgan fingerprint density at radius 3 is 2.54 bits per heavy atom. The Hall–Kier alpha value is -4.71. The Balaban J connectivity index is 1.76. The zero-order chi connectivity index (χ0) is 29.4. The van der Waals surface area contributed by atoms with E-state index in [4.69, 9.17) is 14.2 Å². The summed E-state index contributed by atoms with van der Waals surface area (Å²) < 4.78 is 18.0. The van der Waals surface area contributed by atoms with Gasteiger partial charge >= 0.3 is 11.9 Å². The molecular formula is C29H28N4O7S. The number of ketones is 1. The highest BCUT2D eigenvalue weighted by molar-refractivity contribution is 7.17. The fourth-order valence-electron chi connectivity index (χ4n) is 4.87. The number of imidazole rings is 1. The van der Waals surface area contributed by atoms with Gasteiger partial charge in [0.05, 0.1) is 43.3 Å². The number of amides is 1. The van der Waals surface area contributed by atoms with E-state index in [0.29, 0.717) is 40.7 Å². The van der Waals surface area contributed by atoms with Crippen LogP contribution in [0.3, 0.4) is 0 Å². The summed E-state index contributed by atoms with van der Waals surface area (Å²) in [5.74, 6) is -1.92. The van der Waals surface area contributed by atoms with Crippen LogP contribution in [-0.4, -0.2) is 57.5 Å². The number of aliphatic hydroxyl groups excluding tert-OH is 1. The van der Waals surface area contributed by atoms with E-state index in [1.807, 2.05) is 13.0 Å². The number of esters is 1. The van der Waals surface area contributed by atoms with E-state index in [1.165, 1.54) is 12.0 Å². The van der Waals surface area contributed by atoms with Crippen molar-refractivity contribution in [1.82, 2.24) is 14.4 Å². The number of benzene rings is 1. The Kier molecular flexibility index (Phi) is 7.50. The van der Waals surface area contributed by atoms with E-state index in [0.717, 1.165) is 11.3 Å². The number of rotatable bonds is 8. The van der Waals surface area contributed by atoms with Crippen molar-refractivity contribution in [2.75, 3.05) is 25.2 Å². The molecule has 41 heavy (non-hydrogen) atoms. The highest BCUT2D eigenvalue weighted by Gasteiger charge is 2.49. The predicted molar refractivity (Wildman–Crippen MR) is 152 cm³/mol. The molecule has 1 atom stereocenters. The number of thiazole rings is 1. The zero-order valence-corrected chi connectivity index (χ0v) is 23.9. The number of aryl methyl sites for hydroxylation is 2. The molecule has 1 aliphatic rings. The van der Waals surface area contributed by atoms with Crippen molar-refractivity contribution in [2.45, 2.75) is 33.7 Å². The largest absolute Gasteiger partial charge is 0.505 e. The number of hydrogen-bond acceptors (Lipinski definition) is 10. The number of carbonyl (C=O) groups is 3. The Morgan fingerprint density at radius 1 is 1.05 bits per heavy atom. The van der Waals surface area contributed by atoms with E-state index in [1.54, 1.807) is 61.7 Å². The standard InChI is InChI=1S/C29H28N4O7S/c1-6-39-18-12-11-17(14-19(18)38-5)23-21(24(34)22-15(3)30-20-10-8-9-13-32(20)22)25(35)27(36)33(23)29-31-16(4)26(41-29)28(37)40-7-2/h8-14,23,34H,6-7H2,1-5H3/b24-21+. The molecule has 0 aliphatic carbocycles. The lowest BCUT2D eigenvalue weighted by Gasteiger charge is -2.24. The predicted octanol–water partition coefficient (Wildman–Crippen LogP) is 4.62. The Labute approximate surface area is 239 Å². The van der Waals surface area contributed by atoms with Crippen molar-refractivity contribution in [3.8, 4) is 11.5 Å². The summed E-state index contributed by atoms with van der Waals surface area (Å²) in [5, 5.41) is 11.8. The SMILES string of the molecule is CCOC(=O)c1sc(N2C(=O)C(=O)/C(=C(/O)c3c(C)nc4ccccn34)C2c2ccc(OCC)c(OC)c2)nc1C. The van der Waals surface area contributed by atoms with Gasteiger partial charge in [-0.25, -0.2) is 14.8 Å². The Bertz CT molecular complexity index is 1720. The number of carbonyl (C=O) groups excluding carboxylic acids is 3. The van der Waals surface area contributed by atoms with Crippen LogP contribution < -0.4 is 14.4 Å². The molecule has 4 aromatic rings. The number of Topliss-reactive ketones (excluding diaryl/α,β-unsaturated/α-hetero) is 1. The van der Waals surface area contributed by atoms with Crippen LogP contribution in [0.4, 0.5) is 5.13 Å². The molecule has 4 heterocycles. The highest BCUT2D eigenvalue weighted by atomic mass is 32.1. The minimum absolute atomic E-state index is 0.111. The van der Waals surface area contributed by atoms with Crippen LogP contribution in [0, 0.1) is 13.8 Å². The van der Waals surface area contributed by atoms with Gasteiger partial charge in [0.1, 0.15) is 16.2 Å². The fraction of sp³-hybridized carbons (Fsp3) is 0.276. The average molecular weight is 577 g/mol. The molecule has 1 N–H and O–H groups in total. The Morgan fingerprint density at radius 2 is 1.83 bits per heavy atom. The lowest BCUT2D eigenvalue weighted by atomic mass is 9.96. The molecule has 0 radical (unpaired) electrons. The second-order valence-corrected chi connectivity index (χ2v) is 10.1. The van der Waals surface area contributed by atoms with E-state index in [-0.39, 0.29) is 27.9 Å².